The number of amides is 2. The highest BCUT2D eigenvalue weighted by molar-refractivity contribution is 7.84. The molecular weight excluding hydrogens is 318 g/mol. The molecule has 2 atom stereocenters. The number of thiazole rings is 1. The number of aryl methyl sites for hydroxylation is 1. The van der Waals surface area contributed by atoms with Crippen molar-refractivity contribution in [1.82, 2.24) is 15.6 Å². The Bertz CT molecular complexity index is 668. The molecule has 0 saturated carbocycles. The Kier molecular flexibility index (Phi) is 5.68. The predicted octanol–water partition coefficient (Wildman–Crippen LogP) is 2.75. The van der Waals surface area contributed by atoms with Crippen LogP contribution in [0.1, 0.15) is 29.2 Å². The third-order valence-corrected chi connectivity index (χ3v) is 4.86. The van der Waals surface area contributed by atoms with Gasteiger partial charge in [-0.2, -0.15) is 0 Å². The van der Waals surface area contributed by atoms with Crippen molar-refractivity contribution in [3.63, 3.8) is 0 Å². The molecular formula is C15H19N3O2S2. The molecule has 0 radical (unpaired) electrons. The largest absolute Gasteiger partial charge is 0.334 e. The zero-order valence-electron chi connectivity index (χ0n) is 12.8. The number of nitrogens with zero attached hydrogens (tertiary/aromatic N) is 1. The third-order valence-electron chi connectivity index (χ3n) is 3.14. The summed E-state index contributed by atoms with van der Waals surface area (Å²) < 4.78 is 11.3. The van der Waals surface area contributed by atoms with Gasteiger partial charge >= 0.3 is 6.03 Å². The zero-order chi connectivity index (χ0) is 16.1. The van der Waals surface area contributed by atoms with Gasteiger partial charge in [0, 0.05) is 33.9 Å². The lowest BCUT2D eigenvalue weighted by Gasteiger charge is -2.13. The maximum absolute atomic E-state index is 11.9. The van der Waals surface area contributed by atoms with Crippen LogP contribution in [0.4, 0.5) is 4.79 Å². The van der Waals surface area contributed by atoms with Crippen molar-refractivity contribution in [2.24, 2.45) is 0 Å². The van der Waals surface area contributed by atoms with Gasteiger partial charge in [0.15, 0.2) is 0 Å². The molecule has 0 bridgehead atoms. The average Bonchev–Trinajstić information content (AvgIpc) is 2.92. The molecule has 2 amide bonds. The van der Waals surface area contributed by atoms with Crippen LogP contribution in [-0.2, 0) is 17.3 Å². The lowest BCUT2D eigenvalue weighted by atomic mass is 10.2. The summed E-state index contributed by atoms with van der Waals surface area (Å²) in [6, 6.07) is 6.99. The first kappa shape index (κ1) is 16.6. The lowest BCUT2D eigenvalue weighted by Crippen LogP contribution is -2.36. The summed E-state index contributed by atoms with van der Waals surface area (Å²) in [5, 5.41) is 8.59. The highest BCUT2D eigenvalue weighted by atomic mass is 32.2. The summed E-state index contributed by atoms with van der Waals surface area (Å²) in [7, 11) is -0.983. The second-order valence-electron chi connectivity index (χ2n) is 4.94. The fourth-order valence-electron chi connectivity index (χ4n) is 1.88. The first-order valence-electron chi connectivity index (χ1n) is 6.84. The number of hydrogen-bond acceptors (Lipinski definition) is 4. The van der Waals surface area contributed by atoms with Crippen molar-refractivity contribution in [1.29, 1.82) is 0 Å². The normalized spacial score (nSPS) is 13.4. The summed E-state index contributed by atoms with van der Waals surface area (Å²) in [6.45, 7) is 4.26. The Hall–Kier alpha value is -1.73. The van der Waals surface area contributed by atoms with E-state index in [2.05, 4.69) is 15.6 Å². The van der Waals surface area contributed by atoms with Crippen LogP contribution >= 0.6 is 11.3 Å². The molecule has 0 aliphatic carbocycles. The molecule has 0 spiro atoms. The second kappa shape index (κ2) is 7.51. The van der Waals surface area contributed by atoms with E-state index in [1.54, 1.807) is 17.6 Å². The van der Waals surface area contributed by atoms with E-state index >= 15 is 0 Å². The smallest absolute Gasteiger partial charge is 0.315 e. The van der Waals surface area contributed by atoms with Gasteiger partial charge in [-0.3, -0.25) is 4.21 Å². The lowest BCUT2D eigenvalue weighted by molar-refractivity contribution is 0.237. The van der Waals surface area contributed by atoms with E-state index in [-0.39, 0.29) is 12.1 Å². The quantitative estimate of drug-likeness (QED) is 0.881. The number of urea groups is 1. The molecule has 0 aliphatic heterocycles. The molecule has 2 aromatic rings. The maximum atomic E-state index is 11.9. The number of aromatic nitrogens is 1. The fourth-order valence-corrected chi connectivity index (χ4v) is 3.11. The molecule has 2 rings (SSSR count). The van der Waals surface area contributed by atoms with Crippen LogP contribution in [0.5, 0.6) is 0 Å². The minimum Gasteiger partial charge on any atom is -0.334 e. The summed E-state index contributed by atoms with van der Waals surface area (Å²) >= 11 is 1.57. The molecule has 0 unspecified atom stereocenters. The highest BCUT2D eigenvalue weighted by Gasteiger charge is 2.11. The van der Waals surface area contributed by atoms with Crippen molar-refractivity contribution < 1.29 is 9.00 Å². The molecule has 118 valence electrons. The van der Waals surface area contributed by atoms with E-state index in [1.165, 1.54) is 0 Å². The number of hydrogen-bond donors (Lipinski definition) is 2. The first-order valence-corrected chi connectivity index (χ1v) is 9.28. The maximum Gasteiger partial charge on any atom is 0.315 e. The Labute approximate surface area is 136 Å². The van der Waals surface area contributed by atoms with E-state index in [9.17, 15) is 9.00 Å². The summed E-state index contributed by atoms with van der Waals surface area (Å²) in [5.74, 6) is 0. The van der Waals surface area contributed by atoms with Crippen molar-refractivity contribution >= 4 is 28.2 Å². The van der Waals surface area contributed by atoms with Gasteiger partial charge in [-0.1, -0.05) is 12.1 Å². The summed E-state index contributed by atoms with van der Waals surface area (Å²) in [4.78, 5) is 17.0. The molecule has 2 N–H and O–H groups in total. The number of rotatable bonds is 5. The predicted molar refractivity (Wildman–Crippen MR) is 89.4 cm³/mol. The minimum absolute atomic E-state index is 0.130. The third kappa shape index (κ3) is 4.64. The van der Waals surface area contributed by atoms with Gasteiger partial charge in [0.05, 0.1) is 16.7 Å². The minimum atomic E-state index is -0.983. The first-order chi connectivity index (χ1) is 10.5. The van der Waals surface area contributed by atoms with Crippen molar-refractivity contribution in [3.8, 4) is 0 Å². The van der Waals surface area contributed by atoms with E-state index in [4.69, 9.17) is 0 Å². The Morgan fingerprint density at radius 2 is 2.05 bits per heavy atom. The Morgan fingerprint density at radius 3 is 2.59 bits per heavy atom. The van der Waals surface area contributed by atoms with Crippen LogP contribution in [0.15, 0.2) is 34.5 Å². The molecule has 0 fully saturated rings. The standard InChI is InChI=1S/C15H19N3O2S2/c1-10(14-9-21-11(2)18-14)17-15(19)16-8-12-4-6-13(7-5-12)22(3)20/h4-7,9-10H,8H2,1-3H3,(H2,16,17,19)/t10-,22-/m1/s1. The molecule has 7 heteroatoms. The molecule has 1 heterocycles. The van der Waals surface area contributed by atoms with Gasteiger partial charge in [-0.15, -0.1) is 11.3 Å². The number of nitrogens with one attached hydrogen (secondary N) is 2. The molecule has 1 aromatic carbocycles. The van der Waals surface area contributed by atoms with Gasteiger partial charge in [-0.05, 0) is 31.5 Å². The molecule has 5 nitrogen and oxygen atoms in total. The average molecular weight is 337 g/mol. The van der Waals surface area contributed by atoms with Gasteiger partial charge in [0.1, 0.15) is 0 Å². The Morgan fingerprint density at radius 1 is 1.36 bits per heavy atom. The molecule has 0 saturated heterocycles. The van der Waals surface area contributed by atoms with Crippen LogP contribution in [0, 0.1) is 6.92 Å². The topological polar surface area (TPSA) is 71.1 Å². The van der Waals surface area contributed by atoms with Crippen LogP contribution < -0.4 is 10.6 Å². The number of carbonyl (C=O) groups excluding carboxylic acids is 1. The monoisotopic (exact) mass is 337 g/mol. The molecule has 1 aromatic heterocycles. The van der Waals surface area contributed by atoms with Crippen LogP contribution in [0.3, 0.4) is 0 Å². The fraction of sp³-hybridized carbons (Fsp3) is 0.333. The number of carbonyl (C=O) groups is 1. The Balaban J connectivity index is 1.83. The van der Waals surface area contributed by atoms with E-state index in [0.29, 0.717) is 6.54 Å². The van der Waals surface area contributed by atoms with Crippen molar-refractivity contribution in [2.75, 3.05) is 6.26 Å². The van der Waals surface area contributed by atoms with E-state index in [0.717, 1.165) is 21.2 Å². The second-order valence-corrected chi connectivity index (χ2v) is 7.38. The molecule has 0 aliphatic rings. The van der Waals surface area contributed by atoms with Crippen molar-refractivity contribution in [3.05, 3.63) is 45.9 Å². The SMILES string of the molecule is Cc1nc([C@@H](C)NC(=O)NCc2ccc([S@@](C)=O)cc2)cs1. The van der Waals surface area contributed by atoms with Crippen molar-refractivity contribution in [2.45, 2.75) is 31.3 Å². The van der Waals surface area contributed by atoms with Gasteiger partial charge in [0.25, 0.3) is 0 Å². The van der Waals surface area contributed by atoms with Crippen LogP contribution in [0.25, 0.3) is 0 Å². The zero-order valence-corrected chi connectivity index (χ0v) is 14.4. The van der Waals surface area contributed by atoms with Gasteiger partial charge in [-0.25, -0.2) is 9.78 Å². The highest BCUT2D eigenvalue weighted by Crippen LogP contribution is 2.15. The summed E-state index contributed by atoms with van der Waals surface area (Å²) in [5.41, 5.74) is 1.83. The van der Waals surface area contributed by atoms with Gasteiger partial charge < -0.3 is 10.6 Å². The van der Waals surface area contributed by atoms with Gasteiger partial charge in [0.2, 0.25) is 0 Å². The number of benzene rings is 1. The van der Waals surface area contributed by atoms with Crippen LogP contribution in [0.2, 0.25) is 0 Å². The van der Waals surface area contributed by atoms with E-state index in [1.807, 2.05) is 43.5 Å². The van der Waals surface area contributed by atoms with E-state index < -0.39 is 10.8 Å². The van der Waals surface area contributed by atoms with Crippen LogP contribution in [-0.4, -0.2) is 21.5 Å². The molecule has 22 heavy (non-hydrogen) atoms. The summed E-state index contributed by atoms with van der Waals surface area (Å²) in [6.07, 6.45) is 1.64.